The molecule has 1 aliphatic rings. The molecule has 1 N–H and O–H groups in total. The number of nitrogens with zero attached hydrogens (tertiary/aromatic N) is 4. The number of benzene rings is 1. The van der Waals surface area contributed by atoms with Gasteiger partial charge in [-0.25, -0.2) is 9.67 Å². The van der Waals surface area contributed by atoms with Crippen molar-refractivity contribution in [2.75, 3.05) is 13.7 Å². The summed E-state index contributed by atoms with van der Waals surface area (Å²) in [6.45, 7) is 3.02. The number of carbonyl (C=O) groups excluding carboxylic acids is 1. The lowest BCUT2D eigenvalue weighted by molar-refractivity contribution is -0.136. The van der Waals surface area contributed by atoms with Crippen LogP contribution in [0.3, 0.4) is 0 Å². The van der Waals surface area contributed by atoms with Crippen LogP contribution in [-0.2, 0) is 22.6 Å². The Labute approximate surface area is 186 Å². The minimum atomic E-state index is -0.927. The molecule has 1 aromatic carbocycles. The standard InChI is InChI=1S/C24H26N4O4/c1-3-27(24(31)17-5-6-17)15-18-13-19(28-10-4-9-26-28)7-8-20(18)21-11-16(12-22(29)30)14-25-23(21)32-2/h4,7-11,13-14,17H,3,5-6,12,15H2,1-2H3,(H,29,30). The van der Waals surface area contributed by atoms with Gasteiger partial charge < -0.3 is 14.7 Å². The third kappa shape index (κ3) is 4.64. The number of aromatic nitrogens is 3. The van der Waals surface area contributed by atoms with Gasteiger partial charge in [0, 0.05) is 43.2 Å². The molecular formula is C24H26N4O4. The fourth-order valence-corrected chi connectivity index (χ4v) is 3.80. The van der Waals surface area contributed by atoms with Gasteiger partial charge in [-0.3, -0.25) is 9.59 Å². The van der Waals surface area contributed by atoms with Gasteiger partial charge in [-0.15, -0.1) is 0 Å². The van der Waals surface area contributed by atoms with Gasteiger partial charge in [-0.05, 0) is 60.7 Å². The molecule has 166 valence electrons. The number of amides is 1. The minimum Gasteiger partial charge on any atom is -0.481 e. The Bertz CT molecular complexity index is 1120. The smallest absolute Gasteiger partial charge is 0.307 e. The number of pyridine rings is 1. The number of hydrogen-bond donors (Lipinski definition) is 1. The Balaban J connectivity index is 1.80. The molecule has 8 nitrogen and oxygen atoms in total. The summed E-state index contributed by atoms with van der Waals surface area (Å²) in [6, 6.07) is 9.55. The number of ether oxygens (including phenoxy) is 1. The van der Waals surface area contributed by atoms with Crippen LogP contribution >= 0.6 is 0 Å². The molecule has 4 rings (SSSR count). The summed E-state index contributed by atoms with van der Waals surface area (Å²) in [5.41, 5.74) is 3.92. The first-order chi connectivity index (χ1) is 15.5. The van der Waals surface area contributed by atoms with Crippen molar-refractivity contribution in [1.82, 2.24) is 19.7 Å². The molecule has 3 aromatic rings. The molecule has 1 aliphatic carbocycles. The number of methoxy groups -OCH3 is 1. The van der Waals surface area contributed by atoms with Gasteiger partial charge in [0.2, 0.25) is 11.8 Å². The fourth-order valence-electron chi connectivity index (χ4n) is 3.80. The maximum atomic E-state index is 12.8. The first-order valence-electron chi connectivity index (χ1n) is 10.7. The summed E-state index contributed by atoms with van der Waals surface area (Å²) in [7, 11) is 1.54. The molecule has 0 unspecified atom stereocenters. The molecule has 0 spiro atoms. The molecule has 0 radical (unpaired) electrons. The normalized spacial score (nSPS) is 13.1. The van der Waals surface area contributed by atoms with Crippen molar-refractivity contribution in [3.8, 4) is 22.7 Å². The van der Waals surface area contributed by atoms with Crippen LogP contribution in [0.4, 0.5) is 0 Å². The number of carboxylic acids is 1. The molecule has 0 aliphatic heterocycles. The van der Waals surface area contributed by atoms with Crippen molar-refractivity contribution >= 4 is 11.9 Å². The van der Waals surface area contributed by atoms with Gasteiger partial charge in [0.1, 0.15) is 0 Å². The second-order valence-electron chi connectivity index (χ2n) is 7.89. The number of rotatable bonds is 9. The summed E-state index contributed by atoms with van der Waals surface area (Å²) in [5, 5.41) is 13.5. The largest absolute Gasteiger partial charge is 0.481 e. The van der Waals surface area contributed by atoms with Gasteiger partial charge in [0.05, 0.1) is 19.2 Å². The predicted molar refractivity (Wildman–Crippen MR) is 119 cm³/mol. The van der Waals surface area contributed by atoms with Gasteiger partial charge in [0.25, 0.3) is 0 Å². The Hall–Kier alpha value is -3.68. The third-order valence-electron chi connectivity index (χ3n) is 5.59. The zero-order valence-corrected chi connectivity index (χ0v) is 18.2. The van der Waals surface area contributed by atoms with Crippen molar-refractivity contribution in [3.05, 3.63) is 60.0 Å². The SMILES string of the molecule is CCN(Cc1cc(-n2cccn2)ccc1-c1cc(CC(=O)O)cnc1OC)C(=O)C1CC1. The summed E-state index contributed by atoms with van der Waals surface area (Å²) < 4.78 is 7.25. The van der Waals surface area contributed by atoms with E-state index in [2.05, 4.69) is 10.1 Å². The molecule has 0 atom stereocenters. The maximum Gasteiger partial charge on any atom is 0.307 e. The lowest BCUT2D eigenvalue weighted by Crippen LogP contribution is -2.31. The highest BCUT2D eigenvalue weighted by atomic mass is 16.5. The number of aliphatic carboxylic acids is 1. The van der Waals surface area contributed by atoms with E-state index in [0.29, 0.717) is 30.1 Å². The average Bonchev–Trinajstić information content (AvgIpc) is 3.50. The topological polar surface area (TPSA) is 97.6 Å². The molecule has 32 heavy (non-hydrogen) atoms. The Morgan fingerprint density at radius 3 is 2.69 bits per heavy atom. The van der Waals surface area contributed by atoms with E-state index < -0.39 is 5.97 Å². The quantitative estimate of drug-likeness (QED) is 0.555. The van der Waals surface area contributed by atoms with Crippen LogP contribution in [0.25, 0.3) is 16.8 Å². The van der Waals surface area contributed by atoms with Crippen molar-refractivity contribution in [2.24, 2.45) is 5.92 Å². The van der Waals surface area contributed by atoms with Crippen LogP contribution in [0.2, 0.25) is 0 Å². The van der Waals surface area contributed by atoms with Gasteiger partial charge >= 0.3 is 5.97 Å². The van der Waals surface area contributed by atoms with E-state index in [0.717, 1.165) is 29.7 Å². The van der Waals surface area contributed by atoms with Crippen LogP contribution < -0.4 is 4.74 Å². The predicted octanol–water partition coefficient (Wildman–Crippen LogP) is 3.33. The van der Waals surface area contributed by atoms with Crippen molar-refractivity contribution < 1.29 is 19.4 Å². The summed E-state index contributed by atoms with van der Waals surface area (Å²) in [4.78, 5) is 30.2. The zero-order chi connectivity index (χ0) is 22.7. The van der Waals surface area contributed by atoms with Gasteiger partial charge in [-0.1, -0.05) is 6.07 Å². The molecule has 1 saturated carbocycles. The minimum absolute atomic E-state index is 0.128. The summed E-state index contributed by atoms with van der Waals surface area (Å²) >= 11 is 0. The highest BCUT2D eigenvalue weighted by molar-refractivity contribution is 5.82. The van der Waals surface area contributed by atoms with Crippen LogP contribution in [0, 0.1) is 5.92 Å². The molecular weight excluding hydrogens is 408 g/mol. The van der Waals surface area contributed by atoms with E-state index in [1.807, 2.05) is 42.3 Å². The van der Waals surface area contributed by atoms with Crippen LogP contribution in [-0.4, -0.2) is 50.3 Å². The Morgan fingerprint density at radius 1 is 1.25 bits per heavy atom. The van der Waals surface area contributed by atoms with Crippen molar-refractivity contribution in [1.29, 1.82) is 0 Å². The molecule has 2 aromatic heterocycles. The molecule has 0 saturated heterocycles. The average molecular weight is 434 g/mol. The zero-order valence-electron chi connectivity index (χ0n) is 18.2. The Kier molecular flexibility index (Phi) is 6.20. The second kappa shape index (κ2) is 9.21. The highest BCUT2D eigenvalue weighted by Gasteiger charge is 2.33. The lowest BCUT2D eigenvalue weighted by Gasteiger charge is -2.23. The molecule has 1 amide bonds. The van der Waals surface area contributed by atoms with E-state index >= 15 is 0 Å². The van der Waals surface area contributed by atoms with Crippen molar-refractivity contribution in [2.45, 2.75) is 32.7 Å². The number of hydrogen-bond acceptors (Lipinski definition) is 5. The van der Waals surface area contributed by atoms with E-state index in [9.17, 15) is 14.7 Å². The molecule has 1 fully saturated rings. The number of carbonyl (C=O) groups is 2. The summed E-state index contributed by atoms with van der Waals surface area (Å²) in [6.07, 6.45) is 6.86. The molecule has 8 heteroatoms. The van der Waals surface area contributed by atoms with Crippen molar-refractivity contribution in [3.63, 3.8) is 0 Å². The first kappa shape index (κ1) is 21.5. The maximum absolute atomic E-state index is 12.8. The third-order valence-corrected chi connectivity index (χ3v) is 5.59. The number of carboxylic acid groups (broad SMARTS) is 1. The van der Waals surface area contributed by atoms with Crippen LogP contribution in [0.1, 0.15) is 30.9 Å². The van der Waals surface area contributed by atoms with E-state index in [1.54, 1.807) is 16.9 Å². The summed E-state index contributed by atoms with van der Waals surface area (Å²) in [5.74, 6) is -0.219. The van der Waals surface area contributed by atoms with Crippen LogP contribution in [0.5, 0.6) is 5.88 Å². The highest BCUT2D eigenvalue weighted by Crippen LogP contribution is 2.35. The van der Waals surface area contributed by atoms with E-state index in [4.69, 9.17) is 4.74 Å². The Morgan fingerprint density at radius 2 is 2.06 bits per heavy atom. The van der Waals surface area contributed by atoms with Gasteiger partial charge in [-0.2, -0.15) is 5.10 Å². The van der Waals surface area contributed by atoms with E-state index in [-0.39, 0.29) is 18.2 Å². The van der Waals surface area contributed by atoms with E-state index in [1.165, 1.54) is 13.3 Å². The fraction of sp³-hybridized carbons (Fsp3) is 0.333. The van der Waals surface area contributed by atoms with Gasteiger partial charge in [0.15, 0.2) is 0 Å². The molecule has 2 heterocycles. The first-order valence-corrected chi connectivity index (χ1v) is 10.7. The lowest BCUT2D eigenvalue weighted by atomic mass is 9.97. The van der Waals surface area contributed by atoms with Crippen LogP contribution in [0.15, 0.2) is 48.9 Å². The monoisotopic (exact) mass is 434 g/mol. The molecule has 0 bridgehead atoms. The second-order valence-corrected chi connectivity index (χ2v) is 7.89.